The number of carbonyl (C=O) groups excluding carboxylic acids is 2. The molecule has 3 rings (SSSR count). The molecule has 1 aromatic heterocycles. The van der Waals surface area contributed by atoms with Crippen LogP contribution in [0.2, 0.25) is 0 Å². The molecule has 10 nitrogen and oxygen atoms in total. The number of methoxy groups -OCH3 is 1. The summed E-state index contributed by atoms with van der Waals surface area (Å²) in [6.45, 7) is 0.0455. The summed E-state index contributed by atoms with van der Waals surface area (Å²) in [7, 11) is 1.44. The van der Waals surface area contributed by atoms with Gasteiger partial charge in [-0.1, -0.05) is 18.2 Å². The van der Waals surface area contributed by atoms with Gasteiger partial charge < -0.3 is 19.8 Å². The summed E-state index contributed by atoms with van der Waals surface area (Å²) in [6, 6.07) is 8.13. The molecule has 2 N–H and O–H groups in total. The Bertz CT molecular complexity index is 1000. The van der Waals surface area contributed by atoms with E-state index in [-0.39, 0.29) is 25.4 Å². The van der Waals surface area contributed by atoms with Crippen LogP contribution in [0.1, 0.15) is 31.2 Å². The Hall–Kier alpha value is -3.66. The SMILES string of the molecule is COCCN1CN(C(=O)c2ccccc2)n2cc(C(=O)O)c(=O)c(O)c2C1=O. The number of fused-ring (bicyclic) bond motifs is 1. The summed E-state index contributed by atoms with van der Waals surface area (Å²) in [5, 5.41) is 20.5. The van der Waals surface area contributed by atoms with Crippen LogP contribution in [-0.2, 0) is 4.74 Å². The molecule has 2 aromatic rings. The van der Waals surface area contributed by atoms with Crippen molar-refractivity contribution >= 4 is 17.8 Å². The van der Waals surface area contributed by atoms with Gasteiger partial charge in [-0.25, -0.2) is 14.5 Å². The smallest absolute Gasteiger partial charge is 0.341 e. The number of amides is 2. The molecule has 10 heteroatoms. The highest BCUT2D eigenvalue weighted by Gasteiger charge is 2.36. The standard InChI is InChI=1S/C18H17N3O7/c1-28-8-7-19-10-21(16(24)11-5-3-2-4-6-11)20-9-12(18(26)27)14(22)15(23)13(20)17(19)25/h2-6,9,23H,7-8,10H2,1H3,(H,26,27). The van der Waals surface area contributed by atoms with Crippen LogP contribution in [0, 0.1) is 0 Å². The number of aromatic nitrogens is 1. The first kappa shape index (κ1) is 19.1. The lowest BCUT2D eigenvalue weighted by Crippen LogP contribution is -2.57. The Balaban J connectivity index is 2.19. The fourth-order valence-electron chi connectivity index (χ4n) is 2.84. The maximum Gasteiger partial charge on any atom is 0.341 e. The van der Waals surface area contributed by atoms with Gasteiger partial charge in [0.05, 0.1) is 6.61 Å². The number of benzene rings is 1. The minimum Gasteiger partial charge on any atom is -0.502 e. The van der Waals surface area contributed by atoms with Gasteiger partial charge in [-0.05, 0) is 12.1 Å². The van der Waals surface area contributed by atoms with E-state index in [0.29, 0.717) is 0 Å². The van der Waals surface area contributed by atoms with E-state index in [1.54, 1.807) is 30.3 Å². The third-order valence-corrected chi connectivity index (χ3v) is 4.27. The molecule has 28 heavy (non-hydrogen) atoms. The lowest BCUT2D eigenvalue weighted by Gasteiger charge is -2.38. The number of ether oxygens (including phenoxy) is 1. The highest BCUT2D eigenvalue weighted by molar-refractivity contribution is 6.05. The molecule has 2 heterocycles. The lowest BCUT2D eigenvalue weighted by molar-refractivity contribution is 0.0597. The fourth-order valence-corrected chi connectivity index (χ4v) is 2.84. The largest absolute Gasteiger partial charge is 0.502 e. The zero-order valence-electron chi connectivity index (χ0n) is 14.9. The topological polar surface area (TPSA) is 129 Å². The molecule has 0 unspecified atom stereocenters. The van der Waals surface area contributed by atoms with E-state index in [0.717, 1.165) is 15.9 Å². The van der Waals surface area contributed by atoms with Gasteiger partial charge in [-0.3, -0.25) is 14.4 Å². The van der Waals surface area contributed by atoms with Crippen molar-refractivity contribution in [3.05, 3.63) is 63.6 Å². The zero-order valence-corrected chi connectivity index (χ0v) is 14.9. The molecule has 0 saturated heterocycles. The minimum atomic E-state index is -1.59. The highest BCUT2D eigenvalue weighted by Crippen LogP contribution is 2.22. The van der Waals surface area contributed by atoms with Gasteiger partial charge >= 0.3 is 5.97 Å². The molecule has 0 bridgehead atoms. The van der Waals surface area contributed by atoms with E-state index in [4.69, 9.17) is 4.74 Å². The van der Waals surface area contributed by atoms with Crippen molar-refractivity contribution in [2.24, 2.45) is 0 Å². The number of hydrogen-bond donors (Lipinski definition) is 2. The summed E-state index contributed by atoms with van der Waals surface area (Å²) < 4.78 is 5.88. The Kier molecular flexibility index (Phi) is 5.14. The van der Waals surface area contributed by atoms with E-state index in [1.807, 2.05) is 0 Å². The van der Waals surface area contributed by atoms with E-state index in [9.17, 15) is 29.4 Å². The molecule has 0 aliphatic carbocycles. The van der Waals surface area contributed by atoms with Crippen LogP contribution in [0.4, 0.5) is 0 Å². The number of carbonyl (C=O) groups is 3. The van der Waals surface area contributed by atoms with Crippen molar-refractivity contribution in [1.82, 2.24) is 9.58 Å². The number of nitrogens with zero attached hydrogens (tertiary/aromatic N) is 3. The van der Waals surface area contributed by atoms with E-state index in [1.165, 1.54) is 12.0 Å². The lowest BCUT2D eigenvalue weighted by atomic mass is 10.1. The number of carboxylic acids is 1. The second-order valence-corrected chi connectivity index (χ2v) is 5.99. The van der Waals surface area contributed by atoms with Crippen LogP contribution in [0.25, 0.3) is 0 Å². The highest BCUT2D eigenvalue weighted by atomic mass is 16.5. The molecule has 0 radical (unpaired) electrons. The molecule has 0 spiro atoms. The van der Waals surface area contributed by atoms with Gasteiger partial charge in [0.15, 0.2) is 11.4 Å². The fraction of sp³-hybridized carbons (Fsp3) is 0.222. The van der Waals surface area contributed by atoms with Crippen LogP contribution < -0.4 is 10.4 Å². The summed E-state index contributed by atoms with van der Waals surface area (Å²) in [5.41, 5.74) is -2.16. The first-order chi connectivity index (χ1) is 13.4. The minimum absolute atomic E-state index is 0.0994. The number of aromatic carboxylic acids is 1. The second kappa shape index (κ2) is 7.53. The van der Waals surface area contributed by atoms with Crippen molar-refractivity contribution in [3.63, 3.8) is 0 Å². The van der Waals surface area contributed by atoms with Gasteiger partial charge in [-0.15, -0.1) is 0 Å². The summed E-state index contributed by atoms with van der Waals surface area (Å²) in [5.74, 6) is -3.88. The molecular weight excluding hydrogens is 370 g/mol. The van der Waals surface area contributed by atoms with Gasteiger partial charge in [-0.2, -0.15) is 0 Å². The van der Waals surface area contributed by atoms with Gasteiger partial charge in [0.25, 0.3) is 11.8 Å². The normalized spacial score (nSPS) is 13.4. The third kappa shape index (κ3) is 3.21. The van der Waals surface area contributed by atoms with Crippen molar-refractivity contribution in [1.29, 1.82) is 0 Å². The van der Waals surface area contributed by atoms with Crippen LogP contribution in [0.3, 0.4) is 0 Å². The van der Waals surface area contributed by atoms with E-state index < -0.39 is 40.2 Å². The number of pyridine rings is 1. The molecule has 1 aliphatic heterocycles. The Morgan fingerprint density at radius 1 is 1.18 bits per heavy atom. The van der Waals surface area contributed by atoms with Crippen molar-refractivity contribution in [2.75, 3.05) is 31.9 Å². The first-order valence-electron chi connectivity index (χ1n) is 8.24. The Morgan fingerprint density at radius 2 is 1.86 bits per heavy atom. The van der Waals surface area contributed by atoms with Gasteiger partial charge in [0, 0.05) is 25.4 Å². The number of aromatic hydroxyl groups is 1. The quantitative estimate of drug-likeness (QED) is 0.744. The average molecular weight is 387 g/mol. The van der Waals surface area contributed by atoms with Crippen LogP contribution in [-0.4, -0.2) is 64.5 Å². The predicted octanol–water partition coefficient (Wildman–Crippen LogP) is 0.0902. The van der Waals surface area contributed by atoms with E-state index in [2.05, 4.69) is 0 Å². The molecule has 2 amide bonds. The number of rotatable bonds is 5. The molecule has 0 atom stereocenters. The predicted molar refractivity (Wildman–Crippen MR) is 96.1 cm³/mol. The maximum absolute atomic E-state index is 13.0. The summed E-state index contributed by atoms with van der Waals surface area (Å²) in [4.78, 5) is 50.5. The first-order valence-corrected chi connectivity index (χ1v) is 8.24. The second-order valence-electron chi connectivity index (χ2n) is 5.99. The monoisotopic (exact) mass is 387 g/mol. The third-order valence-electron chi connectivity index (χ3n) is 4.27. The Labute approximate surface area is 158 Å². The average Bonchev–Trinajstić information content (AvgIpc) is 2.69. The molecule has 1 aliphatic rings. The van der Waals surface area contributed by atoms with Gasteiger partial charge in [0.2, 0.25) is 5.43 Å². The van der Waals surface area contributed by atoms with Crippen LogP contribution in [0.15, 0.2) is 41.3 Å². The van der Waals surface area contributed by atoms with Crippen molar-refractivity contribution in [3.8, 4) is 5.75 Å². The summed E-state index contributed by atoms with van der Waals surface area (Å²) >= 11 is 0. The van der Waals surface area contributed by atoms with Gasteiger partial charge in [0.1, 0.15) is 12.2 Å². The molecule has 1 aromatic carbocycles. The molecular formula is C18H17N3O7. The van der Waals surface area contributed by atoms with E-state index >= 15 is 0 Å². The van der Waals surface area contributed by atoms with Crippen LogP contribution in [0.5, 0.6) is 5.75 Å². The number of hydrogen-bond acceptors (Lipinski definition) is 6. The summed E-state index contributed by atoms with van der Waals surface area (Å²) in [6.07, 6.45) is 0.867. The molecule has 0 fully saturated rings. The van der Waals surface area contributed by atoms with Crippen molar-refractivity contribution in [2.45, 2.75) is 0 Å². The van der Waals surface area contributed by atoms with Crippen molar-refractivity contribution < 1.29 is 29.3 Å². The zero-order chi connectivity index (χ0) is 20.4. The molecule has 146 valence electrons. The Morgan fingerprint density at radius 3 is 2.46 bits per heavy atom. The maximum atomic E-state index is 13.0. The number of carboxylic acid groups (broad SMARTS) is 1. The molecule has 0 saturated carbocycles. The van der Waals surface area contributed by atoms with Crippen LogP contribution >= 0.6 is 0 Å².